The zero-order valence-electron chi connectivity index (χ0n) is 11.0. The van der Waals surface area contributed by atoms with Crippen LogP contribution < -0.4 is 0 Å². The largest absolute Gasteiger partial charge is 0.292 e. The molecule has 1 aliphatic heterocycles. The number of aryl methyl sites for hydroxylation is 1. The Labute approximate surface area is 104 Å². The number of hydrogen-bond acceptors (Lipinski definition) is 2. The van der Waals surface area contributed by atoms with Crippen LogP contribution in [0.25, 0.3) is 0 Å². The number of carbonyl (C=O) groups excluding carboxylic acids is 1. The van der Waals surface area contributed by atoms with Crippen molar-refractivity contribution in [3.05, 3.63) is 35.4 Å². The molecule has 1 fully saturated rings. The molecule has 92 valence electrons. The van der Waals surface area contributed by atoms with Gasteiger partial charge in [-0.25, -0.2) is 0 Å². The van der Waals surface area contributed by atoms with Crippen molar-refractivity contribution < 1.29 is 4.79 Å². The quantitative estimate of drug-likeness (QED) is 0.745. The van der Waals surface area contributed by atoms with Crippen LogP contribution in [-0.4, -0.2) is 29.3 Å². The number of rotatable bonds is 3. The van der Waals surface area contributed by atoms with Crippen LogP contribution in [0.15, 0.2) is 24.3 Å². The van der Waals surface area contributed by atoms with E-state index in [1.54, 1.807) is 0 Å². The van der Waals surface area contributed by atoms with Crippen molar-refractivity contribution in [2.45, 2.75) is 39.2 Å². The molecule has 0 aliphatic carbocycles. The van der Waals surface area contributed by atoms with Crippen LogP contribution in [0, 0.1) is 6.92 Å². The lowest BCUT2D eigenvalue weighted by Gasteiger charge is -2.33. The van der Waals surface area contributed by atoms with Crippen molar-refractivity contribution in [3.63, 3.8) is 0 Å². The summed E-state index contributed by atoms with van der Waals surface area (Å²) in [6, 6.07) is 7.89. The molecule has 0 spiro atoms. The fraction of sp³-hybridized carbons (Fsp3) is 0.533. The van der Waals surface area contributed by atoms with Gasteiger partial charge in [-0.1, -0.05) is 29.8 Å². The Morgan fingerprint density at radius 3 is 2.18 bits per heavy atom. The van der Waals surface area contributed by atoms with Gasteiger partial charge in [0.25, 0.3) is 0 Å². The SMILES string of the molecule is Cc1ccc(C(=O)C(C)(C)N2CCCC2)cc1. The van der Waals surface area contributed by atoms with Crippen LogP contribution in [0.2, 0.25) is 0 Å². The summed E-state index contributed by atoms with van der Waals surface area (Å²) in [5, 5.41) is 0. The minimum absolute atomic E-state index is 0.236. The molecule has 0 N–H and O–H groups in total. The number of nitrogens with zero attached hydrogens (tertiary/aromatic N) is 1. The van der Waals surface area contributed by atoms with Crippen LogP contribution in [0.3, 0.4) is 0 Å². The van der Waals surface area contributed by atoms with E-state index in [9.17, 15) is 4.79 Å². The third kappa shape index (κ3) is 2.42. The van der Waals surface area contributed by atoms with Gasteiger partial charge in [0, 0.05) is 5.56 Å². The van der Waals surface area contributed by atoms with Gasteiger partial charge >= 0.3 is 0 Å². The second-order valence-corrected chi connectivity index (χ2v) is 5.45. The van der Waals surface area contributed by atoms with Crippen LogP contribution in [0.5, 0.6) is 0 Å². The first-order chi connectivity index (χ1) is 8.01. The Hall–Kier alpha value is -1.15. The summed E-state index contributed by atoms with van der Waals surface area (Å²) in [4.78, 5) is 14.8. The lowest BCUT2D eigenvalue weighted by atomic mass is 9.91. The van der Waals surface area contributed by atoms with E-state index in [0.29, 0.717) is 0 Å². The molecular weight excluding hydrogens is 210 g/mol. The maximum Gasteiger partial charge on any atom is 0.182 e. The van der Waals surface area contributed by atoms with E-state index in [4.69, 9.17) is 0 Å². The lowest BCUT2D eigenvalue weighted by molar-refractivity contribution is 0.0702. The van der Waals surface area contributed by atoms with Crippen LogP contribution in [0.4, 0.5) is 0 Å². The second-order valence-electron chi connectivity index (χ2n) is 5.45. The maximum atomic E-state index is 12.5. The van der Waals surface area contributed by atoms with E-state index in [-0.39, 0.29) is 11.3 Å². The molecule has 0 amide bonds. The smallest absolute Gasteiger partial charge is 0.182 e. The first-order valence-electron chi connectivity index (χ1n) is 6.38. The molecule has 0 aromatic heterocycles. The summed E-state index contributed by atoms with van der Waals surface area (Å²) in [5.74, 6) is 0.236. The van der Waals surface area contributed by atoms with Gasteiger partial charge < -0.3 is 0 Å². The van der Waals surface area contributed by atoms with Crippen molar-refractivity contribution in [3.8, 4) is 0 Å². The van der Waals surface area contributed by atoms with E-state index in [0.717, 1.165) is 18.7 Å². The molecule has 1 saturated heterocycles. The standard InChI is InChI=1S/C15H21NO/c1-12-6-8-13(9-7-12)14(17)15(2,3)16-10-4-5-11-16/h6-9H,4-5,10-11H2,1-3H3. The van der Waals surface area contributed by atoms with Gasteiger partial charge in [0.1, 0.15) is 0 Å². The number of ketones is 1. The topological polar surface area (TPSA) is 20.3 Å². The fourth-order valence-corrected chi connectivity index (χ4v) is 2.48. The predicted octanol–water partition coefficient (Wildman–Crippen LogP) is 3.05. The molecule has 1 aliphatic rings. The monoisotopic (exact) mass is 231 g/mol. The Balaban J connectivity index is 2.20. The molecule has 0 unspecified atom stereocenters. The second kappa shape index (κ2) is 4.61. The van der Waals surface area contributed by atoms with E-state index < -0.39 is 0 Å². The molecule has 0 bridgehead atoms. The summed E-state index contributed by atoms with van der Waals surface area (Å²) in [6.07, 6.45) is 2.43. The highest BCUT2D eigenvalue weighted by Gasteiger charge is 2.36. The molecule has 2 rings (SSSR count). The van der Waals surface area contributed by atoms with Gasteiger partial charge in [-0.05, 0) is 46.7 Å². The maximum absolute atomic E-state index is 12.5. The highest BCUT2D eigenvalue weighted by atomic mass is 16.1. The average molecular weight is 231 g/mol. The molecular formula is C15H21NO. The summed E-state index contributed by atoms with van der Waals surface area (Å²) in [6.45, 7) is 8.22. The molecule has 1 aromatic carbocycles. The summed E-state index contributed by atoms with van der Waals surface area (Å²) in [5.41, 5.74) is 1.65. The van der Waals surface area contributed by atoms with E-state index in [1.807, 2.05) is 45.0 Å². The predicted molar refractivity (Wildman–Crippen MR) is 70.4 cm³/mol. The summed E-state index contributed by atoms with van der Waals surface area (Å²) < 4.78 is 0. The van der Waals surface area contributed by atoms with Crippen molar-refractivity contribution in [1.82, 2.24) is 4.90 Å². The van der Waals surface area contributed by atoms with Crippen LogP contribution >= 0.6 is 0 Å². The number of benzene rings is 1. The molecule has 0 radical (unpaired) electrons. The Kier molecular flexibility index (Phi) is 3.34. The third-order valence-corrected chi connectivity index (χ3v) is 3.77. The normalized spacial score (nSPS) is 17.4. The van der Waals surface area contributed by atoms with Gasteiger partial charge in [0.05, 0.1) is 5.54 Å². The number of carbonyl (C=O) groups is 1. The Morgan fingerprint density at radius 2 is 1.65 bits per heavy atom. The van der Waals surface area contributed by atoms with Gasteiger partial charge in [0.2, 0.25) is 0 Å². The number of likely N-dealkylation sites (tertiary alicyclic amines) is 1. The lowest BCUT2D eigenvalue weighted by Crippen LogP contribution is -2.48. The fourth-order valence-electron chi connectivity index (χ4n) is 2.48. The highest BCUT2D eigenvalue weighted by molar-refractivity contribution is 6.02. The zero-order chi connectivity index (χ0) is 12.5. The Bertz CT molecular complexity index is 399. The van der Waals surface area contributed by atoms with E-state index >= 15 is 0 Å². The van der Waals surface area contributed by atoms with E-state index in [1.165, 1.54) is 18.4 Å². The molecule has 17 heavy (non-hydrogen) atoms. The van der Waals surface area contributed by atoms with Crippen LogP contribution in [-0.2, 0) is 0 Å². The van der Waals surface area contributed by atoms with Gasteiger partial charge in [-0.3, -0.25) is 9.69 Å². The molecule has 1 aromatic rings. The first-order valence-corrected chi connectivity index (χ1v) is 6.38. The van der Waals surface area contributed by atoms with E-state index in [2.05, 4.69) is 4.90 Å². The molecule has 2 heteroatoms. The molecule has 0 atom stereocenters. The van der Waals surface area contributed by atoms with Gasteiger partial charge in [0.15, 0.2) is 5.78 Å². The number of Topliss-reactive ketones (excluding diaryl/α,β-unsaturated/α-hetero) is 1. The average Bonchev–Trinajstić information content (AvgIpc) is 2.83. The molecule has 1 heterocycles. The molecule has 2 nitrogen and oxygen atoms in total. The highest BCUT2D eigenvalue weighted by Crippen LogP contribution is 2.25. The van der Waals surface area contributed by atoms with Crippen LogP contribution in [0.1, 0.15) is 42.6 Å². The molecule has 0 saturated carbocycles. The minimum Gasteiger partial charge on any atom is -0.292 e. The summed E-state index contributed by atoms with van der Waals surface area (Å²) >= 11 is 0. The zero-order valence-corrected chi connectivity index (χ0v) is 11.0. The first kappa shape index (κ1) is 12.3. The minimum atomic E-state index is -0.369. The third-order valence-electron chi connectivity index (χ3n) is 3.77. The number of hydrogen-bond donors (Lipinski definition) is 0. The Morgan fingerprint density at radius 1 is 1.12 bits per heavy atom. The van der Waals surface area contributed by atoms with Gasteiger partial charge in [-0.15, -0.1) is 0 Å². The van der Waals surface area contributed by atoms with Crippen molar-refractivity contribution >= 4 is 5.78 Å². The van der Waals surface area contributed by atoms with Crippen molar-refractivity contribution in [1.29, 1.82) is 0 Å². The van der Waals surface area contributed by atoms with Gasteiger partial charge in [-0.2, -0.15) is 0 Å². The summed E-state index contributed by atoms with van der Waals surface area (Å²) in [7, 11) is 0. The van der Waals surface area contributed by atoms with Crippen molar-refractivity contribution in [2.24, 2.45) is 0 Å². The van der Waals surface area contributed by atoms with Crippen molar-refractivity contribution in [2.75, 3.05) is 13.1 Å².